The standard InChI is InChI=1S/C25H23FN4O3S/c1-15-3-5-17(6-4-15)22-13-21(25(31)27-19-9-7-18(26)8-10-19)23-16(2)29-30(24(23)28-22)20-11-12-34(32,33)14-20/h3-10,13,20H,11-12,14H2,1-2H3,(H,27,31)/t20-/m0/s1. The summed E-state index contributed by atoms with van der Waals surface area (Å²) in [7, 11) is -3.14. The lowest BCUT2D eigenvalue weighted by molar-refractivity contribution is 0.102. The van der Waals surface area contributed by atoms with Gasteiger partial charge in [-0.1, -0.05) is 29.8 Å². The number of anilines is 1. The van der Waals surface area contributed by atoms with Gasteiger partial charge in [-0.2, -0.15) is 5.10 Å². The molecule has 1 amide bonds. The van der Waals surface area contributed by atoms with E-state index in [1.54, 1.807) is 17.7 Å². The van der Waals surface area contributed by atoms with Crippen molar-refractivity contribution in [3.05, 3.63) is 77.2 Å². The molecule has 174 valence electrons. The lowest BCUT2D eigenvalue weighted by Gasteiger charge is -2.12. The number of carbonyl (C=O) groups excluding carboxylic acids is 1. The van der Waals surface area contributed by atoms with Crippen LogP contribution in [0.5, 0.6) is 0 Å². The molecule has 1 aliphatic rings. The van der Waals surface area contributed by atoms with Crippen LogP contribution in [0, 0.1) is 19.7 Å². The first-order chi connectivity index (χ1) is 16.2. The Labute approximate surface area is 196 Å². The molecule has 2 aromatic carbocycles. The molecule has 1 atom stereocenters. The number of nitrogens with zero attached hydrogens (tertiary/aromatic N) is 3. The molecule has 0 bridgehead atoms. The number of amides is 1. The van der Waals surface area contributed by atoms with Crippen molar-refractivity contribution < 1.29 is 17.6 Å². The van der Waals surface area contributed by atoms with Gasteiger partial charge in [0.1, 0.15) is 5.82 Å². The third-order valence-corrected chi connectivity index (χ3v) is 7.84. The van der Waals surface area contributed by atoms with Gasteiger partial charge in [0.2, 0.25) is 0 Å². The van der Waals surface area contributed by atoms with Crippen molar-refractivity contribution in [2.75, 3.05) is 16.8 Å². The fourth-order valence-corrected chi connectivity index (χ4v) is 6.01. The highest BCUT2D eigenvalue weighted by molar-refractivity contribution is 7.91. The van der Waals surface area contributed by atoms with Crippen LogP contribution < -0.4 is 5.32 Å². The van der Waals surface area contributed by atoms with Crippen molar-refractivity contribution in [2.24, 2.45) is 0 Å². The molecule has 7 nitrogen and oxygen atoms in total. The highest BCUT2D eigenvalue weighted by Crippen LogP contribution is 2.32. The molecule has 2 aromatic heterocycles. The van der Waals surface area contributed by atoms with Gasteiger partial charge in [-0.3, -0.25) is 4.79 Å². The van der Waals surface area contributed by atoms with Crippen molar-refractivity contribution in [2.45, 2.75) is 26.3 Å². The predicted octanol–water partition coefficient (Wildman–Crippen LogP) is 4.47. The Morgan fingerprint density at radius 2 is 1.79 bits per heavy atom. The Hall–Kier alpha value is -3.59. The number of aryl methyl sites for hydroxylation is 2. The summed E-state index contributed by atoms with van der Waals surface area (Å²) < 4.78 is 39.2. The Morgan fingerprint density at radius 1 is 1.09 bits per heavy atom. The number of hydrogen-bond donors (Lipinski definition) is 1. The number of halogens is 1. The number of sulfone groups is 1. The fourth-order valence-electron chi connectivity index (χ4n) is 4.32. The molecule has 4 aromatic rings. The van der Waals surface area contributed by atoms with Crippen LogP contribution in [0.1, 0.15) is 34.1 Å². The van der Waals surface area contributed by atoms with Crippen molar-refractivity contribution >= 4 is 32.5 Å². The average Bonchev–Trinajstić information content (AvgIpc) is 3.34. The molecule has 9 heteroatoms. The van der Waals surface area contributed by atoms with Crippen molar-refractivity contribution in [1.29, 1.82) is 0 Å². The highest BCUT2D eigenvalue weighted by Gasteiger charge is 2.32. The first-order valence-corrected chi connectivity index (χ1v) is 12.8. The molecule has 1 aliphatic heterocycles. The Balaban J connectivity index is 1.67. The SMILES string of the molecule is Cc1ccc(-c2cc(C(=O)Nc3ccc(F)cc3)c3c(C)nn([C@H]4CCS(=O)(=O)C4)c3n2)cc1. The summed E-state index contributed by atoms with van der Waals surface area (Å²) in [5, 5.41) is 8.00. The number of benzene rings is 2. The molecular formula is C25H23FN4O3S. The van der Waals surface area contributed by atoms with Crippen molar-refractivity contribution in [1.82, 2.24) is 14.8 Å². The Morgan fingerprint density at radius 3 is 2.44 bits per heavy atom. The minimum atomic E-state index is -3.14. The maximum Gasteiger partial charge on any atom is 0.256 e. The zero-order valence-corrected chi connectivity index (χ0v) is 19.6. The van der Waals surface area contributed by atoms with E-state index in [0.29, 0.717) is 40.1 Å². The number of rotatable bonds is 4. The van der Waals surface area contributed by atoms with E-state index in [1.165, 1.54) is 24.3 Å². The van der Waals surface area contributed by atoms with Gasteiger partial charge in [0.05, 0.1) is 39.9 Å². The van der Waals surface area contributed by atoms with E-state index in [0.717, 1.165) is 11.1 Å². The van der Waals surface area contributed by atoms with Crippen LogP contribution in [-0.2, 0) is 9.84 Å². The van der Waals surface area contributed by atoms with Gasteiger partial charge in [0.25, 0.3) is 5.91 Å². The quantitative estimate of drug-likeness (QED) is 0.467. The summed E-state index contributed by atoms with van der Waals surface area (Å²) in [5.41, 5.74) is 4.39. The lowest BCUT2D eigenvalue weighted by Crippen LogP contribution is -2.15. The maximum absolute atomic E-state index is 13.4. The summed E-state index contributed by atoms with van der Waals surface area (Å²) in [6.07, 6.45) is 0.450. The van der Waals surface area contributed by atoms with E-state index in [1.807, 2.05) is 31.2 Å². The number of pyridine rings is 1. The van der Waals surface area contributed by atoms with Crippen molar-refractivity contribution in [3.8, 4) is 11.3 Å². The summed E-state index contributed by atoms with van der Waals surface area (Å²) in [5.74, 6) is -0.673. The summed E-state index contributed by atoms with van der Waals surface area (Å²) in [6.45, 7) is 3.77. The number of nitrogens with one attached hydrogen (secondary N) is 1. The molecule has 0 saturated carbocycles. The molecule has 0 unspecified atom stereocenters. The first-order valence-electron chi connectivity index (χ1n) is 10.9. The number of hydrogen-bond acceptors (Lipinski definition) is 5. The van der Waals surface area contributed by atoms with Crippen LogP contribution in [0.2, 0.25) is 0 Å². The number of aromatic nitrogens is 3. The Kier molecular flexibility index (Phi) is 5.44. The minimum Gasteiger partial charge on any atom is -0.322 e. The van der Waals surface area contributed by atoms with Crippen LogP contribution in [-0.4, -0.2) is 40.6 Å². The molecule has 5 rings (SSSR count). The van der Waals surface area contributed by atoms with Crippen LogP contribution in [0.15, 0.2) is 54.6 Å². The molecule has 34 heavy (non-hydrogen) atoms. The van der Waals surface area contributed by atoms with Gasteiger partial charge < -0.3 is 5.32 Å². The third-order valence-electron chi connectivity index (χ3n) is 6.09. The van der Waals surface area contributed by atoms with Gasteiger partial charge in [0, 0.05) is 11.3 Å². The topological polar surface area (TPSA) is 94.0 Å². The first kappa shape index (κ1) is 22.2. The normalized spacial score (nSPS) is 17.2. The van der Waals surface area contributed by atoms with Gasteiger partial charge >= 0.3 is 0 Å². The van der Waals surface area contributed by atoms with Gasteiger partial charge in [-0.25, -0.2) is 22.5 Å². The number of fused-ring (bicyclic) bond motifs is 1. The van der Waals surface area contributed by atoms with Crippen molar-refractivity contribution in [3.63, 3.8) is 0 Å². The zero-order valence-electron chi connectivity index (χ0n) is 18.7. The largest absolute Gasteiger partial charge is 0.322 e. The van der Waals surface area contributed by atoms with Gasteiger partial charge in [-0.15, -0.1) is 0 Å². The second-order valence-corrected chi connectivity index (χ2v) is 10.9. The average molecular weight is 479 g/mol. The lowest BCUT2D eigenvalue weighted by atomic mass is 10.0. The highest BCUT2D eigenvalue weighted by atomic mass is 32.2. The Bertz CT molecular complexity index is 1510. The summed E-state index contributed by atoms with van der Waals surface area (Å²) >= 11 is 0. The maximum atomic E-state index is 13.4. The number of carbonyl (C=O) groups is 1. The van der Waals surface area contributed by atoms with Crippen LogP contribution in [0.25, 0.3) is 22.3 Å². The molecular weight excluding hydrogens is 455 g/mol. The minimum absolute atomic E-state index is 0.00321. The molecule has 0 radical (unpaired) electrons. The van der Waals surface area contributed by atoms with Gasteiger partial charge in [0.15, 0.2) is 15.5 Å². The fraction of sp³-hybridized carbons (Fsp3) is 0.240. The van der Waals surface area contributed by atoms with Crippen LogP contribution in [0.3, 0.4) is 0 Å². The van der Waals surface area contributed by atoms with Crippen LogP contribution >= 0.6 is 0 Å². The molecule has 1 N–H and O–H groups in total. The van der Waals surface area contributed by atoms with E-state index in [9.17, 15) is 17.6 Å². The third kappa shape index (κ3) is 4.19. The smallest absolute Gasteiger partial charge is 0.256 e. The van der Waals surface area contributed by atoms with Gasteiger partial charge in [-0.05, 0) is 50.6 Å². The van der Waals surface area contributed by atoms with E-state index < -0.39 is 15.7 Å². The van der Waals surface area contributed by atoms with E-state index >= 15 is 0 Å². The monoisotopic (exact) mass is 478 g/mol. The van der Waals surface area contributed by atoms with E-state index in [4.69, 9.17) is 4.98 Å². The predicted molar refractivity (Wildman–Crippen MR) is 129 cm³/mol. The molecule has 0 aliphatic carbocycles. The second-order valence-electron chi connectivity index (χ2n) is 8.67. The van der Waals surface area contributed by atoms with E-state index in [2.05, 4.69) is 10.4 Å². The molecule has 3 heterocycles. The zero-order chi connectivity index (χ0) is 24.0. The summed E-state index contributed by atoms with van der Waals surface area (Å²) in [6, 6.07) is 14.7. The van der Waals surface area contributed by atoms with Crippen LogP contribution in [0.4, 0.5) is 10.1 Å². The molecule has 1 saturated heterocycles. The second kappa shape index (κ2) is 8.32. The van der Waals surface area contributed by atoms with E-state index in [-0.39, 0.29) is 23.5 Å². The molecule has 0 spiro atoms. The summed E-state index contributed by atoms with van der Waals surface area (Å²) in [4.78, 5) is 18.2. The molecule has 1 fully saturated rings.